The summed E-state index contributed by atoms with van der Waals surface area (Å²) in [5.74, 6) is 1.06. The van der Waals surface area contributed by atoms with Crippen molar-refractivity contribution in [2.24, 2.45) is 0 Å². The lowest BCUT2D eigenvalue weighted by atomic mass is 10.3. The lowest BCUT2D eigenvalue weighted by Crippen LogP contribution is -2.48. The van der Waals surface area contributed by atoms with Crippen molar-refractivity contribution in [3.8, 4) is 0 Å². The summed E-state index contributed by atoms with van der Waals surface area (Å²) in [5, 5.41) is 12.5. The molecule has 15 heavy (non-hydrogen) atoms. The Kier molecular flexibility index (Phi) is 2.44. The standard InChI is InChI=1S/C8H12N4O3/c1-6-9-7(10-15-6)11-2-4-12(5-3-11)8(13)14/h2-5H2,1H3,(H,13,14). The molecular formula is C8H12N4O3. The maximum absolute atomic E-state index is 10.7. The third-order valence-corrected chi connectivity index (χ3v) is 2.35. The SMILES string of the molecule is Cc1nc(N2CCN(C(=O)O)CC2)no1. The van der Waals surface area contributed by atoms with Crippen LogP contribution in [0.4, 0.5) is 10.7 Å². The molecule has 1 aromatic heterocycles. The normalized spacial score (nSPS) is 16.9. The fourth-order valence-corrected chi connectivity index (χ4v) is 1.51. The third kappa shape index (κ3) is 2.00. The van der Waals surface area contributed by atoms with Gasteiger partial charge in [0.1, 0.15) is 0 Å². The van der Waals surface area contributed by atoms with Crippen LogP contribution in [-0.2, 0) is 0 Å². The van der Waals surface area contributed by atoms with Crippen LogP contribution in [0.5, 0.6) is 0 Å². The van der Waals surface area contributed by atoms with Crippen LogP contribution in [0.15, 0.2) is 4.52 Å². The van der Waals surface area contributed by atoms with Gasteiger partial charge in [-0.15, -0.1) is 0 Å². The molecule has 7 heteroatoms. The summed E-state index contributed by atoms with van der Waals surface area (Å²) in [5.41, 5.74) is 0. The zero-order valence-electron chi connectivity index (χ0n) is 8.38. The molecule has 0 radical (unpaired) electrons. The van der Waals surface area contributed by atoms with Gasteiger partial charge in [-0.3, -0.25) is 0 Å². The van der Waals surface area contributed by atoms with E-state index in [4.69, 9.17) is 9.63 Å². The summed E-state index contributed by atoms with van der Waals surface area (Å²) in [7, 11) is 0. The Morgan fingerprint density at radius 1 is 1.40 bits per heavy atom. The van der Waals surface area contributed by atoms with E-state index in [0.717, 1.165) is 0 Å². The minimum Gasteiger partial charge on any atom is -0.465 e. The molecule has 0 atom stereocenters. The van der Waals surface area contributed by atoms with Crippen LogP contribution in [0.3, 0.4) is 0 Å². The Bertz CT molecular complexity index is 357. The first kappa shape index (κ1) is 9.75. The van der Waals surface area contributed by atoms with Crippen LogP contribution in [0.2, 0.25) is 0 Å². The fraction of sp³-hybridized carbons (Fsp3) is 0.625. The molecule has 0 aliphatic carbocycles. The number of aryl methyl sites for hydroxylation is 1. The van der Waals surface area contributed by atoms with Gasteiger partial charge in [0, 0.05) is 33.1 Å². The van der Waals surface area contributed by atoms with Crippen molar-refractivity contribution >= 4 is 12.0 Å². The Balaban J connectivity index is 1.96. The van der Waals surface area contributed by atoms with Crippen molar-refractivity contribution in [3.63, 3.8) is 0 Å². The van der Waals surface area contributed by atoms with Crippen molar-refractivity contribution in [1.82, 2.24) is 15.0 Å². The molecule has 1 aliphatic heterocycles. The van der Waals surface area contributed by atoms with Crippen molar-refractivity contribution < 1.29 is 14.4 Å². The Labute approximate surface area is 86.3 Å². The number of hydrogen-bond acceptors (Lipinski definition) is 5. The van der Waals surface area contributed by atoms with E-state index >= 15 is 0 Å². The van der Waals surface area contributed by atoms with Crippen LogP contribution in [0.25, 0.3) is 0 Å². The minimum absolute atomic E-state index is 0.475. The second kappa shape index (κ2) is 3.76. The monoisotopic (exact) mass is 212 g/mol. The van der Waals surface area contributed by atoms with Gasteiger partial charge in [-0.25, -0.2) is 4.79 Å². The zero-order valence-corrected chi connectivity index (χ0v) is 8.38. The quantitative estimate of drug-likeness (QED) is 0.714. The van der Waals surface area contributed by atoms with E-state index in [-0.39, 0.29) is 0 Å². The number of rotatable bonds is 1. The topological polar surface area (TPSA) is 82.7 Å². The predicted octanol–water partition coefficient (Wildman–Crippen LogP) is 0.178. The Hall–Kier alpha value is -1.79. The summed E-state index contributed by atoms with van der Waals surface area (Å²) in [4.78, 5) is 18.0. The predicted molar refractivity (Wildman–Crippen MR) is 50.8 cm³/mol. The number of anilines is 1. The molecule has 1 amide bonds. The van der Waals surface area contributed by atoms with E-state index in [9.17, 15) is 4.79 Å². The van der Waals surface area contributed by atoms with E-state index in [2.05, 4.69) is 10.1 Å². The largest absolute Gasteiger partial charge is 0.465 e. The molecule has 1 N–H and O–H groups in total. The maximum Gasteiger partial charge on any atom is 0.407 e. The molecule has 1 aromatic rings. The fourth-order valence-electron chi connectivity index (χ4n) is 1.51. The van der Waals surface area contributed by atoms with E-state index < -0.39 is 6.09 Å². The summed E-state index contributed by atoms with van der Waals surface area (Å²) in [6, 6.07) is 0. The Morgan fingerprint density at radius 3 is 2.53 bits per heavy atom. The van der Waals surface area contributed by atoms with Crippen LogP contribution in [0, 0.1) is 6.92 Å². The smallest absolute Gasteiger partial charge is 0.407 e. The van der Waals surface area contributed by atoms with Gasteiger partial charge < -0.3 is 19.4 Å². The lowest BCUT2D eigenvalue weighted by molar-refractivity contribution is 0.142. The second-order valence-electron chi connectivity index (χ2n) is 3.37. The van der Waals surface area contributed by atoms with E-state index in [1.165, 1.54) is 4.90 Å². The van der Waals surface area contributed by atoms with Crippen LogP contribution >= 0.6 is 0 Å². The first-order valence-electron chi connectivity index (χ1n) is 4.70. The molecule has 7 nitrogen and oxygen atoms in total. The molecule has 82 valence electrons. The number of amides is 1. The second-order valence-corrected chi connectivity index (χ2v) is 3.37. The molecule has 1 saturated heterocycles. The number of hydrogen-bond donors (Lipinski definition) is 1. The average Bonchev–Trinajstić information content (AvgIpc) is 2.65. The molecule has 1 aliphatic rings. The minimum atomic E-state index is -0.876. The lowest BCUT2D eigenvalue weighted by Gasteiger charge is -2.31. The highest BCUT2D eigenvalue weighted by molar-refractivity contribution is 5.65. The highest BCUT2D eigenvalue weighted by Crippen LogP contribution is 2.11. The van der Waals surface area contributed by atoms with Gasteiger partial charge in [0.25, 0.3) is 5.95 Å². The Morgan fingerprint density at radius 2 is 2.07 bits per heavy atom. The number of nitrogens with zero attached hydrogens (tertiary/aromatic N) is 4. The van der Waals surface area contributed by atoms with Gasteiger partial charge in [0.2, 0.25) is 5.89 Å². The molecule has 1 fully saturated rings. The average molecular weight is 212 g/mol. The van der Waals surface area contributed by atoms with Crippen LogP contribution in [-0.4, -0.2) is 52.4 Å². The molecule has 0 saturated carbocycles. The van der Waals surface area contributed by atoms with Gasteiger partial charge in [-0.1, -0.05) is 0 Å². The number of carbonyl (C=O) groups is 1. The number of piperazine rings is 1. The maximum atomic E-state index is 10.7. The van der Waals surface area contributed by atoms with E-state index in [1.54, 1.807) is 6.92 Å². The summed E-state index contributed by atoms with van der Waals surface area (Å²) < 4.78 is 4.86. The van der Waals surface area contributed by atoms with Gasteiger partial charge in [0.05, 0.1) is 0 Å². The zero-order chi connectivity index (χ0) is 10.8. The third-order valence-electron chi connectivity index (χ3n) is 2.35. The summed E-state index contributed by atoms with van der Waals surface area (Å²) >= 11 is 0. The molecule has 0 bridgehead atoms. The van der Waals surface area contributed by atoms with Crippen molar-refractivity contribution in [2.45, 2.75) is 6.92 Å². The van der Waals surface area contributed by atoms with Crippen molar-refractivity contribution in [2.75, 3.05) is 31.1 Å². The highest BCUT2D eigenvalue weighted by atomic mass is 16.5. The summed E-state index contributed by atoms with van der Waals surface area (Å²) in [6.07, 6.45) is -0.876. The van der Waals surface area contributed by atoms with Crippen LogP contribution in [0.1, 0.15) is 5.89 Å². The van der Waals surface area contributed by atoms with Gasteiger partial charge >= 0.3 is 6.09 Å². The molecule has 2 rings (SSSR count). The van der Waals surface area contributed by atoms with E-state index in [1.807, 2.05) is 4.90 Å². The first-order chi connectivity index (χ1) is 7.16. The van der Waals surface area contributed by atoms with Gasteiger partial charge in [-0.2, -0.15) is 4.98 Å². The number of carboxylic acid groups (broad SMARTS) is 1. The van der Waals surface area contributed by atoms with Gasteiger partial charge in [-0.05, 0) is 5.16 Å². The summed E-state index contributed by atoms with van der Waals surface area (Å²) in [6.45, 7) is 3.88. The van der Waals surface area contributed by atoms with Crippen LogP contribution < -0.4 is 4.90 Å². The molecular weight excluding hydrogens is 200 g/mol. The van der Waals surface area contributed by atoms with E-state index in [0.29, 0.717) is 38.0 Å². The molecule has 0 unspecified atom stereocenters. The van der Waals surface area contributed by atoms with Gasteiger partial charge in [0.15, 0.2) is 0 Å². The molecule has 0 aromatic carbocycles. The molecule has 0 spiro atoms. The van der Waals surface area contributed by atoms with Crippen molar-refractivity contribution in [3.05, 3.63) is 5.89 Å². The van der Waals surface area contributed by atoms with Crippen molar-refractivity contribution in [1.29, 1.82) is 0 Å². The highest BCUT2D eigenvalue weighted by Gasteiger charge is 2.22. The number of aromatic nitrogens is 2. The molecule has 2 heterocycles. The first-order valence-corrected chi connectivity index (χ1v) is 4.70.